The molecule has 0 spiro atoms. The van der Waals surface area contributed by atoms with Gasteiger partial charge in [0.05, 0.1) is 10.6 Å². The number of nitrogens with zero attached hydrogens (tertiary/aromatic N) is 1. The first-order valence-electron chi connectivity index (χ1n) is 11.1. The molecule has 0 radical (unpaired) electrons. The lowest BCUT2D eigenvalue weighted by Gasteiger charge is -2.07. The molecule has 0 unspecified atom stereocenters. The minimum Gasteiger partial charge on any atom is -0.355 e. The molecule has 0 saturated heterocycles. The number of aryl methyl sites for hydroxylation is 2. The number of amides is 1. The molecule has 1 amide bonds. The lowest BCUT2D eigenvalue weighted by molar-refractivity contribution is -0.121. The number of carbonyl (C=O) groups is 1. The summed E-state index contributed by atoms with van der Waals surface area (Å²) in [5.41, 5.74) is 3.81. The van der Waals surface area contributed by atoms with Crippen molar-refractivity contribution in [3.8, 4) is 0 Å². The van der Waals surface area contributed by atoms with E-state index in [9.17, 15) is 13.2 Å². The van der Waals surface area contributed by atoms with Crippen LogP contribution in [0.25, 0.3) is 10.9 Å². The van der Waals surface area contributed by atoms with Crippen molar-refractivity contribution in [2.24, 2.45) is 0 Å². The predicted octanol–water partition coefficient (Wildman–Crippen LogP) is 4.67. The summed E-state index contributed by atoms with van der Waals surface area (Å²) in [5.74, 6) is -0.209. The molecule has 0 aliphatic rings. The third-order valence-electron chi connectivity index (χ3n) is 5.69. The van der Waals surface area contributed by atoms with E-state index in [4.69, 9.17) is 0 Å². The highest BCUT2D eigenvalue weighted by atomic mass is 32.2. The number of para-hydroxylation sites is 1. The highest BCUT2D eigenvalue weighted by Crippen LogP contribution is 2.28. The van der Waals surface area contributed by atoms with Crippen molar-refractivity contribution in [3.63, 3.8) is 0 Å². The molecule has 3 aromatic carbocycles. The molecule has 0 fully saturated rings. The molecule has 1 N–H and O–H groups in total. The molecule has 1 heterocycles. The molecule has 4 aromatic rings. The van der Waals surface area contributed by atoms with E-state index in [0.717, 1.165) is 29.5 Å². The molecule has 5 nitrogen and oxygen atoms in total. The Morgan fingerprint density at radius 2 is 1.58 bits per heavy atom. The van der Waals surface area contributed by atoms with Crippen LogP contribution >= 0.6 is 0 Å². The van der Waals surface area contributed by atoms with Crippen LogP contribution in [-0.2, 0) is 33.4 Å². The van der Waals surface area contributed by atoms with Crippen LogP contribution in [0.1, 0.15) is 23.1 Å². The monoisotopic (exact) mass is 460 g/mol. The van der Waals surface area contributed by atoms with Gasteiger partial charge >= 0.3 is 0 Å². The first-order valence-corrected chi connectivity index (χ1v) is 12.7. The SMILES string of the molecule is Cc1ccc(CS(=O)(=O)c2cn(CC(=O)NCCCc3ccccc3)c3ccccc23)cc1. The summed E-state index contributed by atoms with van der Waals surface area (Å²) in [4.78, 5) is 12.8. The maximum absolute atomic E-state index is 13.2. The van der Waals surface area contributed by atoms with Crippen LogP contribution in [0, 0.1) is 6.92 Å². The number of benzene rings is 3. The van der Waals surface area contributed by atoms with E-state index in [-0.39, 0.29) is 23.1 Å². The smallest absolute Gasteiger partial charge is 0.239 e. The largest absolute Gasteiger partial charge is 0.355 e. The van der Waals surface area contributed by atoms with Crippen molar-refractivity contribution in [2.45, 2.75) is 37.0 Å². The molecule has 33 heavy (non-hydrogen) atoms. The van der Waals surface area contributed by atoms with Gasteiger partial charge in [0, 0.05) is 23.6 Å². The maximum atomic E-state index is 13.2. The van der Waals surface area contributed by atoms with E-state index >= 15 is 0 Å². The number of nitrogens with one attached hydrogen (secondary N) is 1. The van der Waals surface area contributed by atoms with Crippen molar-refractivity contribution in [1.82, 2.24) is 9.88 Å². The maximum Gasteiger partial charge on any atom is 0.239 e. The Bertz CT molecular complexity index is 1340. The van der Waals surface area contributed by atoms with E-state index in [1.54, 1.807) is 16.8 Å². The highest BCUT2D eigenvalue weighted by Gasteiger charge is 2.22. The summed E-state index contributed by atoms with van der Waals surface area (Å²) >= 11 is 0. The molecular weight excluding hydrogens is 432 g/mol. The molecule has 1 aromatic heterocycles. The van der Waals surface area contributed by atoms with Crippen LogP contribution in [0.4, 0.5) is 0 Å². The first-order chi connectivity index (χ1) is 15.9. The Morgan fingerprint density at radius 1 is 0.879 bits per heavy atom. The van der Waals surface area contributed by atoms with Crippen LogP contribution in [0.5, 0.6) is 0 Å². The topological polar surface area (TPSA) is 68.2 Å². The van der Waals surface area contributed by atoms with Gasteiger partial charge in [0.15, 0.2) is 9.84 Å². The standard InChI is InChI=1S/C27H28N2O3S/c1-21-13-15-23(16-14-21)20-33(31,32)26-18-29(25-12-6-5-11-24(25)26)19-27(30)28-17-7-10-22-8-3-2-4-9-22/h2-6,8-9,11-16,18H,7,10,17,19-20H2,1H3,(H,28,30). The van der Waals surface area contributed by atoms with Gasteiger partial charge in [-0.25, -0.2) is 8.42 Å². The van der Waals surface area contributed by atoms with Gasteiger partial charge in [-0.1, -0.05) is 78.4 Å². The highest BCUT2D eigenvalue weighted by molar-refractivity contribution is 7.90. The third-order valence-corrected chi connectivity index (χ3v) is 7.39. The zero-order chi connectivity index (χ0) is 23.3. The average Bonchev–Trinajstić information content (AvgIpc) is 3.18. The number of hydrogen-bond acceptors (Lipinski definition) is 3. The van der Waals surface area contributed by atoms with E-state index in [1.807, 2.05) is 67.6 Å². The Morgan fingerprint density at radius 3 is 2.33 bits per heavy atom. The number of sulfone groups is 1. The summed E-state index contributed by atoms with van der Waals surface area (Å²) in [6, 6.07) is 25.0. The number of carbonyl (C=O) groups excluding carboxylic acids is 1. The molecule has 0 atom stereocenters. The molecule has 0 saturated carbocycles. The van der Waals surface area contributed by atoms with Crippen LogP contribution in [0.15, 0.2) is 90.0 Å². The van der Waals surface area contributed by atoms with Crippen molar-refractivity contribution in [2.75, 3.05) is 6.54 Å². The number of fused-ring (bicyclic) bond motifs is 1. The fraction of sp³-hybridized carbons (Fsp3) is 0.222. The Hall–Kier alpha value is -3.38. The van der Waals surface area contributed by atoms with Gasteiger partial charge in [-0.15, -0.1) is 0 Å². The molecule has 0 bridgehead atoms. The normalized spacial score (nSPS) is 11.5. The van der Waals surface area contributed by atoms with E-state index in [1.165, 1.54) is 5.56 Å². The number of aromatic nitrogens is 1. The lowest BCUT2D eigenvalue weighted by atomic mass is 10.1. The summed E-state index contributed by atoms with van der Waals surface area (Å²) in [7, 11) is -3.57. The van der Waals surface area contributed by atoms with Crippen LogP contribution < -0.4 is 5.32 Å². The van der Waals surface area contributed by atoms with Crippen LogP contribution in [-0.4, -0.2) is 25.4 Å². The van der Waals surface area contributed by atoms with Crippen molar-refractivity contribution < 1.29 is 13.2 Å². The predicted molar refractivity (Wildman–Crippen MR) is 132 cm³/mol. The van der Waals surface area contributed by atoms with E-state index in [2.05, 4.69) is 17.4 Å². The van der Waals surface area contributed by atoms with Gasteiger partial charge < -0.3 is 9.88 Å². The van der Waals surface area contributed by atoms with Gasteiger partial charge in [-0.05, 0) is 37.0 Å². The number of hydrogen-bond donors (Lipinski definition) is 1. The summed E-state index contributed by atoms with van der Waals surface area (Å²) in [6.07, 6.45) is 3.34. The fourth-order valence-electron chi connectivity index (χ4n) is 3.95. The van der Waals surface area contributed by atoms with Crippen molar-refractivity contribution in [3.05, 3.63) is 102 Å². The van der Waals surface area contributed by atoms with Crippen molar-refractivity contribution in [1.29, 1.82) is 0 Å². The average molecular weight is 461 g/mol. The Balaban J connectivity index is 1.46. The Labute approximate surface area is 195 Å². The second-order valence-electron chi connectivity index (χ2n) is 8.32. The zero-order valence-corrected chi connectivity index (χ0v) is 19.5. The molecule has 4 rings (SSSR count). The van der Waals surface area contributed by atoms with E-state index < -0.39 is 9.84 Å². The molecule has 0 aliphatic heterocycles. The van der Waals surface area contributed by atoms with Crippen molar-refractivity contribution >= 4 is 26.6 Å². The second-order valence-corrected chi connectivity index (χ2v) is 10.3. The minimum absolute atomic E-state index is 0.0753. The van der Waals surface area contributed by atoms with Gasteiger partial charge in [0.1, 0.15) is 6.54 Å². The van der Waals surface area contributed by atoms with E-state index in [0.29, 0.717) is 11.9 Å². The summed E-state index contributed by atoms with van der Waals surface area (Å²) in [6.45, 7) is 2.62. The molecule has 6 heteroatoms. The quantitative estimate of drug-likeness (QED) is 0.369. The third kappa shape index (κ3) is 5.71. The van der Waals surface area contributed by atoms with Crippen LogP contribution in [0.2, 0.25) is 0 Å². The van der Waals surface area contributed by atoms with Gasteiger partial charge in [-0.2, -0.15) is 0 Å². The minimum atomic E-state index is -3.57. The van der Waals surface area contributed by atoms with Gasteiger partial charge in [-0.3, -0.25) is 4.79 Å². The zero-order valence-electron chi connectivity index (χ0n) is 18.7. The first kappa shape index (κ1) is 22.8. The van der Waals surface area contributed by atoms with Crippen LogP contribution in [0.3, 0.4) is 0 Å². The van der Waals surface area contributed by atoms with Gasteiger partial charge in [0.25, 0.3) is 0 Å². The molecule has 170 valence electrons. The fourth-order valence-corrected chi connectivity index (χ4v) is 5.53. The lowest BCUT2D eigenvalue weighted by Crippen LogP contribution is -2.28. The molecular formula is C27H28N2O3S. The Kier molecular flexibility index (Phi) is 6.94. The second kappa shape index (κ2) is 10.0. The number of rotatable bonds is 9. The van der Waals surface area contributed by atoms with Gasteiger partial charge in [0.2, 0.25) is 5.91 Å². The molecule has 0 aliphatic carbocycles. The summed E-state index contributed by atoms with van der Waals surface area (Å²) in [5, 5.41) is 3.59. The summed E-state index contributed by atoms with van der Waals surface area (Å²) < 4.78 is 28.2.